The molecule has 1 aliphatic rings. The number of hydrogen-bond donors (Lipinski definition) is 0. The Morgan fingerprint density at radius 3 is 2.52 bits per heavy atom. The molecule has 0 bridgehead atoms. The summed E-state index contributed by atoms with van der Waals surface area (Å²) in [6.45, 7) is 3.57. The maximum atomic E-state index is 12.9. The van der Waals surface area contributed by atoms with Gasteiger partial charge in [0.05, 0.1) is 5.25 Å². The third-order valence-corrected chi connectivity index (χ3v) is 5.91. The zero-order valence-corrected chi connectivity index (χ0v) is 15.1. The van der Waals surface area contributed by atoms with Gasteiger partial charge in [0, 0.05) is 18.0 Å². The van der Waals surface area contributed by atoms with Crippen LogP contribution in [0.5, 0.6) is 0 Å². The second-order valence-electron chi connectivity index (χ2n) is 6.55. The summed E-state index contributed by atoms with van der Waals surface area (Å²) in [5, 5.41) is 2.38. The van der Waals surface area contributed by atoms with Gasteiger partial charge >= 0.3 is 0 Å². The molecule has 3 aromatic rings. The minimum Gasteiger partial charge on any atom is -0.337 e. The summed E-state index contributed by atoms with van der Waals surface area (Å²) in [7, 11) is 0. The van der Waals surface area contributed by atoms with Gasteiger partial charge in [-0.05, 0) is 47.4 Å². The maximum Gasteiger partial charge on any atom is 0.236 e. The molecule has 0 saturated heterocycles. The standard InChI is InChI=1S/C22H21NOS/c1-16(25-21-11-10-17-6-2-4-8-19(17)14-21)22(24)23-13-12-18-7-3-5-9-20(18)15-23/h2-11,14,16H,12-13,15H2,1H3/t16-/m0/s1. The van der Waals surface area contributed by atoms with Crippen LogP contribution in [0, 0.1) is 0 Å². The van der Waals surface area contributed by atoms with Gasteiger partial charge < -0.3 is 4.90 Å². The molecule has 0 aliphatic carbocycles. The molecule has 1 aliphatic heterocycles. The largest absolute Gasteiger partial charge is 0.337 e. The van der Waals surface area contributed by atoms with Gasteiger partial charge in [-0.3, -0.25) is 4.79 Å². The predicted octanol–water partition coefficient (Wildman–Crippen LogP) is 4.91. The first-order valence-electron chi connectivity index (χ1n) is 8.72. The van der Waals surface area contributed by atoms with E-state index in [0.717, 1.165) is 24.4 Å². The normalized spacial score (nSPS) is 15.0. The van der Waals surface area contributed by atoms with Crippen LogP contribution >= 0.6 is 11.8 Å². The number of rotatable bonds is 3. The van der Waals surface area contributed by atoms with Gasteiger partial charge in [-0.1, -0.05) is 54.6 Å². The Hall–Kier alpha value is -2.26. The number of thioether (sulfide) groups is 1. The van der Waals surface area contributed by atoms with Crippen LogP contribution in [0.2, 0.25) is 0 Å². The Bertz CT molecular complexity index is 921. The average molecular weight is 347 g/mol. The van der Waals surface area contributed by atoms with E-state index in [2.05, 4.69) is 66.7 Å². The molecule has 0 aromatic heterocycles. The predicted molar refractivity (Wildman–Crippen MR) is 105 cm³/mol. The maximum absolute atomic E-state index is 12.9. The summed E-state index contributed by atoms with van der Waals surface area (Å²) < 4.78 is 0. The van der Waals surface area contributed by atoms with Crippen LogP contribution < -0.4 is 0 Å². The van der Waals surface area contributed by atoms with E-state index in [1.165, 1.54) is 21.9 Å². The first kappa shape index (κ1) is 16.2. The number of hydrogen-bond acceptors (Lipinski definition) is 2. The minimum atomic E-state index is -0.0774. The highest BCUT2D eigenvalue weighted by molar-refractivity contribution is 8.00. The van der Waals surface area contributed by atoms with Crippen molar-refractivity contribution in [1.29, 1.82) is 0 Å². The van der Waals surface area contributed by atoms with Gasteiger partial charge in [0.15, 0.2) is 0 Å². The summed E-state index contributed by atoms with van der Waals surface area (Å²) in [5.41, 5.74) is 2.66. The van der Waals surface area contributed by atoms with Gasteiger partial charge in [0.1, 0.15) is 0 Å². The summed E-state index contributed by atoms with van der Waals surface area (Å²) in [6.07, 6.45) is 0.954. The first-order chi connectivity index (χ1) is 12.2. The molecule has 1 atom stereocenters. The Labute approximate surface area is 152 Å². The van der Waals surface area contributed by atoms with E-state index in [1.807, 2.05) is 11.8 Å². The van der Waals surface area contributed by atoms with E-state index in [4.69, 9.17) is 0 Å². The van der Waals surface area contributed by atoms with Gasteiger partial charge in [-0.15, -0.1) is 11.8 Å². The number of amides is 1. The fourth-order valence-corrected chi connectivity index (χ4v) is 4.44. The highest BCUT2D eigenvalue weighted by Gasteiger charge is 2.25. The van der Waals surface area contributed by atoms with Crippen LogP contribution in [0.15, 0.2) is 71.6 Å². The quantitative estimate of drug-likeness (QED) is 0.628. The van der Waals surface area contributed by atoms with Crippen molar-refractivity contribution in [2.45, 2.75) is 30.0 Å². The van der Waals surface area contributed by atoms with Gasteiger partial charge in [0.25, 0.3) is 0 Å². The van der Waals surface area contributed by atoms with E-state index in [1.54, 1.807) is 11.8 Å². The number of benzene rings is 3. The fraction of sp³-hybridized carbons (Fsp3) is 0.227. The van der Waals surface area contributed by atoms with Crippen LogP contribution in [0.3, 0.4) is 0 Å². The topological polar surface area (TPSA) is 20.3 Å². The monoisotopic (exact) mass is 347 g/mol. The van der Waals surface area contributed by atoms with Crippen molar-refractivity contribution in [3.63, 3.8) is 0 Å². The Morgan fingerprint density at radius 1 is 0.960 bits per heavy atom. The van der Waals surface area contributed by atoms with Crippen molar-refractivity contribution in [3.05, 3.63) is 77.9 Å². The number of fused-ring (bicyclic) bond motifs is 2. The highest BCUT2D eigenvalue weighted by Crippen LogP contribution is 2.29. The van der Waals surface area contributed by atoms with Crippen LogP contribution in [0.1, 0.15) is 18.1 Å². The van der Waals surface area contributed by atoms with E-state index >= 15 is 0 Å². The summed E-state index contributed by atoms with van der Waals surface area (Å²) in [6, 6.07) is 23.2. The molecule has 126 valence electrons. The molecule has 0 fully saturated rings. The number of carbonyl (C=O) groups is 1. The minimum absolute atomic E-state index is 0.0774. The fourth-order valence-electron chi connectivity index (χ4n) is 3.44. The second-order valence-corrected chi connectivity index (χ2v) is 7.96. The van der Waals surface area contributed by atoms with Crippen molar-refractivity contribution in [2.24, 2.45) is 0 Å². The second kappa shape index (κ2) is 6.93. The van der Waals surface area contributed by atoms with E-state index in [0.29, 0.717) is 0 Å². The molecular weight excluding hydrogens is 326 g/mol. The highest BCUT2D eigenvalue weighted by atomic mass is 32.2. The van der Waals surface area contributed by atoms with Crippen LogP contribution in [-0.4, -0.2) is 22.6 Å². The van der Waals surface area contributed by atoms with Crippen molar-refractivity contribution in [2.75, 3.05) is 6.54 Å². The van der Waals surface area contributed by atoms with Gasteiger partial charge in [-0.25, -0.2) is 0 Å². The number of carbonyl (C=O) groups excluding carboxylic acids is 1. The van der Waals surface area contributed by atoms with E-state index < -0.39 is 0 Å². The smallest absolute Gasteiger partial charge is 0.236 e. The van der Waals surface area contributed by atoms with Crippen molar-refractivity contribution in [3.8, 4) is 0 Å². The summed E-state index contributed by atoms with van der Waals surface area (Å²) in [4.78, 5) is 16.0. The molecule has 1 heterocycles. The molecule has 0 unspecified atom stereocenters. The van der Waals surface area contributed by atoms with E-state index in [9.17, 15) is 4.79 Å². The zero-order valence-electron chi connectivity index (χ0n) is 14.3. The average Bonchev–Trinajstić information content (AvgIpc) is 2.67. The Morgan fingerprint density at radius 2 is 1.68 bits per heavy atom. The van der Waals surface area contributed by atoms with Crippen LogP contribution in [0.25, 0.3) is 10.8 Å². The molecule has 1 amide bonds. The van der Waals surface area contributed by atoms with Crippen molar-refractivity contribution >= 4 is 28.4 Å². The molecule has 4 rings (SSSR count). The molecule has 25 heavy (non-hydrogen) atoms. The lowest BCUT2D eigenvalue weighted by Gasteiger charge is -2.30. The molecule has 0 radical (unpaired) electrons. The molecule has 3 heteroatoms. The lowest BCUT2D eigenvalue weighted by atomic mass is 10.00. The van der Waals surface area contributed by atoms with Crippen LogP contribution in [0.4, 0.5) is 0 Å². The molecule has 0 N–H and O–H groups in total. The van der Waals surface area contributed by atoms with Crippen molar-refractivity contribution < 1.29 is 4.79 Å². The molecular formula is C22H21NOS. The third-order valence-electron chi connectivity index (χ3n) is 4.82. The SMILES string of the molecule is C[C@H](Sc1ccc2ccccc2c1)C(=O)N1CCc2ccccc2C1. The molecule has 2 nitrogen and oxygen atoms in total. The third kappa shape index (κ3) is 3.42. The molecule has 3 aromatic carbocycles. The van der Waals surface area contributed by atoms with Crippen molar-refractivity contribution in [1.82, 2.24) is 4.90 Å². The molecule has 0 saturated carbocycles. The number of nitrogens with zero attached hydrogens (tertiary/aromatic N) is 1. The Kier molecular flexibility index (Phi) is 4.50. The van der Waals surface area contributed by atoms with E-state index in [-0.39, 0.29) is 11.2 Å². The first-order valence-corrected chi connectivity index (χ1v) is 9.60. The molecule has 0 spiro atoms. The van der Waals surface area contributed by atoms with Crippen LogP contribution in [-0.2, 0) is 17.8 Å². The lowest BCUT2D eigenvalue weighted by Crippen LogP contribution is -2.40. The lowest BCUT2D eigenvalue weighted by molar-refractivity contribution is -0.131. The summed E-state index contributed by atoms with van der Waals surface area (Å²) >= 11 is 1.65. The zero-order chi connectivity index (χ0) is 17.2. The summed E-state index contributed by atoms with van der Waals surface area (Å²) in [5.74, 6) is 0.229. The Balaban J connectivity index is 1.47. The van der Waals surface area contributed by atoms with Gasteiger partial charge in [-0.2, -0.15) is 0 Å². The van der Waals surface area contributed by atoms with Gasteiger partial charge in [0.2, 0.25) is 5.91 Å².